The molecule has 0 unspecified atom stereocenters. The van der Waals surface area contributed by atoms with E-state index >= 15 is 0 Å². The quantitative estimate of drug-likeness (QED) is 0.691. The van der Waals surface area contributed by atoms with Crippen LogP contribution >= 0.6 is 0 Å². The minimum absolute atomic E-state index is 0.0470. The van der Waals surface area contributed by atoms with Crippen LogP contribution in [-0.2, 0) is 0 Å². The van der Waals surface area contributed by atoms with Gasteiger partial charge >= 0.3 is 0 Å². The zero-order valence-electron chi connectivity index (χ0n) is 8.69. The Morgan fingerprint density at radius 2 is 2.25 bits per heavy atom. The molecule has 0 fully saturated rings. The topological polar surface area (TPSA) is 96.7 Å². The Bertz CT molecular complexity index is 563. The lowest BCUT2D eigenvalue weighted by Gasteiger charge is -2.06. The van der Waals surface area contributed by atoms with E-state index in [-0.39, 0.29) is 11.2 Å². The number of H-pyrrole nitrogens is 1. The molecule has 2 heterocycles. The molecule has 0 saturated heterocycles. The molecule has 6 heteroatoms. The van der Waals surface area contributed by atoms with E-state index in [4.69, 9.17) is 5.73 Å². The van der Waals surface area contributed by atoms with Crippen molar-refractivity contribution in [2.24, 2.45) is 0 Å². The van der Waals surface area contributed by atoms with Crippen molar-refractivity contribution in [1.29, 1.82) is 0 Å². The molecular formula is C10H11N5O. The van der Waals surface area contributed by atoms with Crippen LogP contribution in [-0.4, -0.2) is 15.0 Å². The molecule has 0 spiro atoms. The van der Waals surface area contributed by atoms with Crippen LogP contribution in [0.4, 0.5) is 17.3 Å². The van der Waals surface area contributed by atoms with E-state index < -0.39 is 0 Å². The maximum Gasteiger partial charge on any atom is 0.276 e. The van der Waals surface area contributed by atoms with Gasteiger partial charge in [-0.2, -0.15) is 0 Å². The average Bonchev–Trinajstić information content (AvgIpc) is 2.25. The highest BCUT2D eigenvalue weighted by atomic mass is 16.1. The molecule has 2 rings (SSSR count). The van der Waals surface area contributed by atoms with E-state index in [1.165, 1.54) is 6.33 Å². The summed E-state index contributed by atoms with van der Waals surface area (Å²) in [5, 5.41) is 2.89. The molecule has 82 valence electrons. The van der Waals surface area contributed by atoms with Crippen LogP contribution in [0.15, 0.2) is 29.3 Å². The van der Waals surface area contributed by atoms with E-state index in [0.717, 1.165) is 5.69 Å². The highest BCUT2D eigenvalue weighted by Crippen LogP contribution is 2.14. The Labute approximate surface area is 91.6 Å². The second kappa shape index (κ2) is 4.01. The van der Waals surface area contributed by atoms with Gasteiger partial charge in [-0.1, -0.05) is 6.07 Å². The molecule has 6 nitrogen and oxygen atoms in total. The smallest absolute Gasteiger partial charge is 0.276 e. The molecule has 0 aliphatic carbocycles. The number of aromatic nitrogens is 3. The van der Waals surface area contributed by atoms with Gasteiger partial charge in [0, 0.05) is 5.69 Å². The fourth-order valence-electron chi connectivity index (χ4n) is 1.24. The van der Waals surface area contributed by atoms with Crippen molar-refractivity contribution in [2.45, 2.75) is 6.92 Å². The lowest BCUT2D eigenvalue weighted by Crippen LogP contribution is -2.15. The maximum atomic E-state index is 11.2. The summed E-state index contributed by atoms with van der Waals surface area (Å²) < 4.78 is 0. The van der Waals surface area contributed by atoms with Gasteiger partial charge in [-0.15, -0.1) is 0 Å². The second-order valence-electron chi connectivity index (χ2n) is 3.28. The second-order valence-corrected chi connectivity index (χ2v) is 3.28. The molecule has 2 aromatic rings. The molecule has 0 saturated carbocycles. The first-order valence-electron chi connectivity index (χ1n) is 4.70. The van der Waals surface area contributed by atoms with Gasteiger partial charge in [-0.3, -0.25) is 4.79 Å². The Morgan fingerprint density at radius 3 is 3.00 bits per heavy atom. The normalized spacial score (nSPS) is 10.1. The van der Waals surface area contributed by atoms with E-state index in [1.54, 1.807) is 6.07 Å². The molecular weight excluding hydrogens is 206 g/mol. The highest BCUT2D eigenvalue weighted by Gasteiger charge is 2.04. The van der Waals surface area contributed by atoms with Crippen LogP contribution in [0.5, 0.6) is 0 Å². The van der Waals surface area contributed by atoms with Crippen LogP contribution in [0.3, 0.4) is 0 Å². The summed E-state index contributed by atoms with van der Waals surface area (Å²) >= 11 is 0. The van der Waals surface area contributed by atoms with Crippen molar-refractivity contribution in [3.05, 3.63) is 40.6 Å². The predicted octanol–water partition coefficient (Wildman–Crippen LogP) is 0.799. The number of aromatic amines is 1. The Hall–Kier alpha value is -2.37. The molecule has 16 heavy (non-hydrogen) atoms. The number of nitrogen functional groups attached to an aromatic ring is 1. The van der Waals surface area contributed by atoms with Gasteiger partial charge in [0.25, 0.3) is 5.56 Å². The fourth-order valence-corrected chi connectivity index (χ4v) is 1.24. The van der Waals surface area contributed by atoms with E-state index in [0.29, 0.717) is 11.6 Å². The molecule has 0 aromatic carbocycles. The summed E-state index contributed by atoms with van der Waals surface area (Å²) in [7, 11) is 0. The minimum Gasteiger partial charge on any atom is -0.391 e. The molecule has 0 bridgehead atoms. The minimum atomic E-state index is -0.370. The summed E-state index contributed by atoms with van der Waals surface area (Å²) in [6.07, 6.45) is 1.29. The maximum absolute atomic E-state index is 11.2. The first-order valence-corrected chi connectivity index (χ1v) is 4.70. The van der Waals surface area contributed by atoms with Crippen LogP contribution in [0.2, 0.25) is 0 Å². The summed E-state index contributed by atoms with van der Waals surface area (Å²) in [6, 6.07) is 5.50. The standard InChI is InChI=1S/C10H11N5O/c1-6-3-2-4-7(14-6)15-9-8(11)10(16)13-5-12-9/h2-5H,11H2,1H3,(H2,12,13,14,15,16). The summed E-state index contributed by atoms with van der Waals surface area (Å²) in [5.41, 5.74) is 6.12. The van der Waals surface area contributed by atoms with Gasteiger partial charge in [0.1, 0.15) is 11.5 Å². The number of rotatable bonds is 2. The van der Waals surface area contributed by atoms with E-state index in [2.05, 4.69) is 20.3 Å². The van der Waals surface area contributed by atoms with Crippen LogP contribution in [0.1, 0.15) is 5.69 Å². The van der Waals surface area contributed by atoms with Crippen LogP contribution in [0.25, 0.3) is 0 Å². The first kappa shape index (κ1) is 10.2. The lowest BCUT2D eigenvalue weighted by molar-refractivity contribution is 1.11. The highest BCUT2D eigenvalue weighted by molar-refractivity contribution is 5.65. The number of hydrogen-bond acceptors (Lipinski definition) is 5. The van der Waals surface area contributed by atoms with Gasteiger partial charge in [-0.25, -0.2) is 9.97 Å². The largest absolute Gasteiger partial charge is 0.391 e. The van der Waals surface area contributed by atoms with Gasteiger partial charge in [0.05, 0.1) is 6.33 Å². The zero-order chi connectivity index (χ0) is 11.5. The van der Waals surface area contributed by atoms with Gasteiger partial charge in [-0.05, 0) is 19.1 Å². The van der Waals surface area contributed by atoms with Crippen molar-refractivity contribution < 1.29 is 0 Å². The van der Waals surface area contributed by atoms with Crippen molar-refractivity contribution >= 4 is 17.3 Å². The number of nitrogens with two attached hydrogens (primary N) is 1. The Morgan fingerprint density at radius 1 is 1.44 bits per heavy atom. The number of anilines is 3. The average molecular weight is 217 g/mol. The summed E-state index contributed by atoms with van der Waals surface area (Å²) in [6.45, 7) is 1.87. The fraction of sp³-hybridized carbons (Fsp3) is 0.100. The Balaban J connectivity index is 2.34. The molecule has 0 aliphatic heterocycles. The van der Waals surface area contributed by atoms with Gasteiger partial charge in [0.15, 0.2) is 5.82 Å². The molecule has 2 aromatic heterocycles. The predicted molar refractivity (Wildman–Crippen MR) is 61.5 cm³/mol. The number of aryl methyl sites for hydroxylation is 1. The van der Waals surface area contributed by atoms with Crippen LogP contribution < -0.4 is 16.6 Å². The van der Waals surface area contributed by atoms with Crippen molar-refractivity contribution in [3.63, 3.8) is 0 Å². The Kier molecular flexibility index (Phi) is 2.55. The third-order valence-electron chi connectivity index (χ3n) is 2.02. The zero-order valence-corrected chi connectivity index (χ0v) is 8.69. The lowest BCUT2D eigenvalue weighted by atomic mass is 10.3. The van der Waals surface area contributed by atoms with Crippen molar-refractivity contribution in [1.82, 2.24) is 15.0 Å². The number of nitrogens with one attached hydrogen (secondary N) is 2. The summed E-state index contributed by atoms with van der Waals surface area (Å²) in [5.74, 6) is 0.909. The van der Waals surface area contributed by atoms with Crippen molar-refractivity contribution in [2.75, 3.05) is 11.1 Å². The van der Waals surface area contributed by atoms with Crippen molar-refractivity contribution in [3.8, 4) is 0 Å². The molecule has 0 radical (unpaired) electrons. The van der Waals surface area contributed by atoms with E-state index in [1.807, 2.05) is 19.1 Å². The molecule has 0 aliphatic rings. The van der Waals surface area contributed by atoms with E-state index in [9.17, 15) is 4.79 Å². The monoisotopic (exact) mass is 217 g/mol. The number of hydrogen-bond donors (Lipinski definition) is 3. The third kappa shape index (κ3) is 2.00. The van der Waals surface area contributed by atoms with Gasteiger partial charge in [0.2, 0.25) is 0 Å². The molecule has 0 amide bonds. The molecule has 0 atom stereocenters. The number of nitrogens with zero attached hydrogens (tertiary/aromatic N) is 2. The van der Waals surface area contributed by atoms with Crippen LogP contribution in [0, 0.1) is 6.92 Å². The van der Waals surface area contributed by atoms with Gasteiger partial charge < -0.3 is 16.0 Å². The number of pyridine rings is 1. The first-order chi connectivity index (χ1) is 7.66. The SMILES string of the molecule is Cc1cccc(Nc2nc[nH]c(=O)c2N)n1. The third-order valence-corrected chi connectivity index (χ3v) is 2.02. The molecule has 4 N–H and O–H groups in total. The summed E-state index contributed by atoms with van der Waals surface area (Å²) in [4.78, 5) is 21.8.